The molecule has 0 aliphatic heterocycles. The summed E-state index contributed by atoms with van der Waals surface area (Å²) in [6, 6.07) is 8.67. The van der Waals surface area contributed by atoms with E-state index in [0.717, 1.165) is 0 Å². The van der Waals surface area contributed by atoms with Crippen molar-refractivity contribution in [2.24, 2.45) is 5.41 Å². The molecule has 0 nitrogen and oxygen atoms in total. The van der Waals surface area contributed by atoms with Crippen LogP contribution in [0.25, 0.3) is 0 Å². The molecule has 0 aromatic heterocycles. The summed E-state index contributed by atoms with van der Waals surface area (Å²) < 4.78 is 0. The SMILES string of the molecule is CC(C)(C)C1C=C[CH]c2ccccc21. The van der Waals surface area contributed by atoms with Gasteiger partial charge in [0, 0.05) is 12.3 Å². The Balaban J connectivity index is 2.46. The number of rotatable bonds is 0. The molecule has 14 heavy (non-hydrogen) atoms. The summed E-state index contributed by atoms with van der Waals surface area (Å²) in [5.41, 5.74) is 3.14. The van der Waals surface area contributed by atoms with Crippen LogP contribution in [-0.4, -0.2) is 0 Å². The predicted octanol–water partition coefficient (Wildman–Crippen LogP) is 3.94. The van der Waals surface area contributed by atoms with E-state index in [2.05, 4.69) is 63.6 Å². The molecular weight excluding hydrogens is 168 g/mol. The fraction of sp³-hybridized carbons (Fsp3) is 0.357. The molecule has 0 amide bonds. The minimum absolute atomic E-state index is 0.306. The highest BCUT2D eigenvalue weighted by molar-refractivity contribution is 5.45. The third kappa shape index (κ3) is 1.61. The lowest BCUT2D eigenvalue weighted by Gasteiger charge is -2.32. The smallest absolute Gasteiger partial charge is 0.0125 e. The van der Waals surface area contributed by atoms with Crippen molar-refractivity contribution in [1.29, 1.82) is 0 Å². The molecule has 1 aromatic carbocycles. The standard InChI is InChI=1S/C14H17/c1-14(2,3)13-10-6-8-11-7-4-5-9-12(11)13/h4-10,13H,1-3H3. The highest BCUT2D eigenvalue weighted by Crippen LogP contribution is 2.40. The van der Waals surface area contributed by atoms with Gasteiger partial charge in [0.15, 0.2) is 0 Å². The molecule has 1 radical (unpaired) electrons. The van der Waals surface area contributed by atoms with E-state index in [9.17, 15) is 0 Å². The Morgan fingerprint density at radius 1 is 1.07 bits per heavy atom. The first-order valence-corrected chi connectivity index (χ1v) is 5.19. The van der Waals surface area contributed by atoms with Crippen molar-refractivity contribution in [3.63, 3.8) is 0 Å². The fourth-order valence-corrected chi connectivity index (χ4v) is 2.08. The van der Waals surface area contributed by atoms with Gasteiger partial charge in [-0.2, -0.15) is 0 Å². The van der Waals surface area contributed by atoms with Crippen molar-refractivity contribution in [3.05, 3.63) is 54.0 Å². The Bertz CT molecular complexity index is 353. The third-order valence-electron chi connectivity index (χ3n) is 2.84. The van der Waals surface area contributed by atoms with Crippen LogP contribution in [0.3, 0.4) is 0 Å². The van der Waals surface area contributed by atoms with Gasteiger partial charge in [-0.3, -0.25) is 0 Å². The van der Waals surface area contributed by atoms with Crippen LogP contribution in [0.5, 0.6) is 0 Å². The van der Waals surface area contributed by atoms with Crippen molar-refractivity contribution in [1.82, 2.24) is 0 Å². The maximum atomic E-state index is 2.31. The van der Waals surface area contributed by atoms with Crippen LogP contribution in [0.2, 0.25) is 0 Å². The zero-order chi connectivity index (χ0) is 10.2. The van der Waals surface area contributed by atoms with E-state index in [1.807, 2.05) is 0 Å². The maximum absolute atomic E-state index is 2.31. The fourth-order valence-electron chi connectivity index (χ4n) is 2.08. The Morgan fingerprint density at radius 3 is 2.50 bits per heavy atom. The Hall–Kier alpha value is -1.04. The van der Waals surface area contributed by atoms with Gasteiger partial charge in [-0.1, -0.05) is 57.2 Å². The van der Waals surface area contributed by atoms with E-state index in [1.54, 1.807) is 0 Å². The second kappa shape index (κ2) is 3.27. The highest BCUT2D eigenvalue weighted by Gasteiger charge is 2.26. The summed E-state index contributed by atoms with van der Waals surface area (Å²) in [6.45, 7) is 6.89. The van der Waals surface area contributed by atoms with Crippen LogP contribution in [0.15, 0.2) is 36.4 Å². The number of fused-ring (bicyclic) bond motifs is 1. The second-order valence-electron chi connectivity index (χ2n) is 5.02. The monoisotopic (exact) mass is 185 g/mol. The molecule has 0 spiro atoms. The molecule has 0 heteroatoms. The minimum atomic E-state index is 0.306. The van der Waals surface area contributed by atoms with Crippen LogP contribution in [-0.2, 0) is 0 Å². The zero-order valence-corrected chi connectivity index (χ0v) is 9.12. The van der Waals surface area contributed by atoms with Gasteiger partial charge in [-0.05, 0) is 16.5 Å². The van der Waals surface area contributed by atoms with Gasteiger partial charge in [-0.15, -0.1) is 0 Å². The molecule has 0 fully saturated rings. The third-order valence-corrected chi connectivity index (χ3v) is 2.84. The van der Waals surface area contributed by atoms with Crippen molar-refractivity contribution in [2.45, 2.75) is 26.7 Å². The van der Waals surface area contributed by atoms with E-state index >= 15 is 0 Å². The number of hydrogen-bond donors (Lipinski definition) is 0. The molecule has 73 valence electrons. The molecule has 2 rings (SSSR count). The van der Waals surface area contributed by atoms with Crippen LogP contribution in [0, 0.1) is 11.8 Å². The molecule has 1 unspecified atom stereocenters. The molecular formula is C14H17. The lowest BCUT2D eigenvalue weighted by atomic mass is 9.72. The normalized spacial score (nSPS) is 20.6. The Kier molecular flexibility index (Phi) is 2.22. The van der Waals surface area contributed by atoms with Crippen LogP contribution in [0.1, 0.15) is 37.8 Å². The van der Waals surface area contributed by atoms with E-state index in [1.165, 1.54) is 11.1 Å². The molecule has 0 saturated heterocycles. The van der Waals surface area contributed by atoms with Gasteiger partial charge in [0.1, 0.15) is 0 Å². The van der Waals surface area contributed by atoms with Gasteiger partial charge in [-0.25, -0.2) is 0 Å². The highest BCUT2D eigenvalue weighted by atomic mass is 14.3. The van der Waals surface area contributed by atoms with Crippen LogP contribution in [0.4, 0.5) is 0 Å². The zero-order valence-electron chi connectivity index (χ0n) is 9.12. The number of benzene rings is 1. The average molecular weight is 185 g/mol. The van der Waals surface area contributed by atoms with Gasteiger partial charge < -0.3 is 0 Å². The minimum Gasteiger partial charge on any atom is -0.0798 e. The summed E-state index contributed by atoms with van der Waals surface area (Å²) in [7, 11) is 0. The van der Waals surface area contributed by atoms with Gasteiger partial charge in [0.05, 0.1) is 0 Å². The molecule has 1 aromatic rings. The van der Waals surface area contributed by atoms with E-state index in [4.69, 9.17) is 0 Å². The van der Waals surface area contributed by atoms with Gasteiger partial charge in [0.2, 0.25) is 0 Å². The summed E-state index contributed by atoms with van der Waals surface area (Å²) in [6.07, 6.45) is 6.68. The summed E-state index contributed by atoms with van der Waals surface area (Å²) in [5, 5.41) is 0. The topological polar surface area (TPSA) is 0 Å². The number of allylic oxidation sites excluding steroid dienone is 2. The largest absolute Gasteiger partial charge is 0.0798 e. The molecule has 0 saturated carbocycles. The quantitative estimate of drug-likeness (QED) is 0.574. The molecule has 0 heterocycles. The summed E-state index contributed by atoms with van der Waals surface area (Å²) in [5.74, 6) is 0.545. The Labute approximate surface area is 86.7 Å². The van der Waals surface area contributed by atoms with Gasteiger partial charge >= 0.3 is 0 Å². The first kappa shape index (κ1) is 9.51. The molecule has 1 atom stereocenters. The second-order valence-corrected chi connectivity index (χ2v) is 5.02. The van der Waals surface area contributed by atoms with E-state index in [-0.39, 0.29) is 0 Å². The van der Waals surface area contributed by atoms with Crippen molar-refractivity contribution in [2.75, 3.05) is 0 Å². The molecule has 0 N–H and O–H groups in total. The average Bonchev–Trinajstić information content (AvgIpc) is 2.15. The van der Waals surface area contributed by atoms with Crippen molar-refractivity contribution >= 4 is 0 Å². The number of hydrogen-bond acceptors (Lipinski definition) is 0. The summed E-state index contributed by atoms with van der Waals surface area (Å²) in [4.78, 5) is 0. The molecule has 1 aliphatic rings. The Morgan fingerprint density at radius 2 is 1.79 bits per heavy atom. The maximum Gasteiger partial charge on any atom is 0.0125 e. The van der Waals surface area contributed by atoms with Crippen LogP contribution < -0.4 is 0 Å². The van der Waals surface area contributed by atoms with E-state index in [0.29, 0.717) is 11.3 Å². The van der Waals surface area contributed by atoms with Crippen molar-refractivity contribution in [3.8, 4) is 0 Å². The van der Waals surface area contributed by atoms with Crippen LogP contribution >= 0.6 is 0 Å². The summed E-state index contributed by atoms with van der Waals surface area (Å²) >= 11 is 0. The first-order chi connectivity index (χ1) is 6.59. The van der Waals surface area contributed by atoms with Crippen molar-refractivity contribution < 1.29 is 0 Å². The lowest BCUT2D eigenvalue weighted by molar-refractivity contribution is 0.364. The molecule has 0 bridgehead atoms. The van der Waals surface area contributed by atoms with E-state index < -0.39 is 0 Å². The first-order valence-electron chi connectivity index (χ1n) is 5.19. The van der Waals surface area contributed by atoms with Gasteiger partial charge in [0.25, 0.3) is 0 Å². The lowest BCUT2D eigenvalue weighted by Crippen LogP contribution is -2.19. The molecule has 1 aliphatic carbocycles. The predicted molar refractivity (Wildman–Crippen MR) is 61.2 cm³/mol.